The number of para-hydroxylation sites is 1. The van der Waals surface area contributed by atoms with Crippen LogP contribution in [0.5, 0.6) is 11.5 Å². The molecule has 1 fully saturated rings. The Balaban J connectivity index is 1.37. The van der Waals surface area contributed by atoms with Crippen LogP contribution in [0, 0.1) is 0 Å². The van der Waals surface area contributed by atoms with E-state index in [2.05, 4.69) is 16.1 Å². The third-order valence-corrected chi connectivity index (χ3v) is 7.59. The standard InChI is InChI=1S/C31H33N7O5/c1-31(21-12-14-22(41-2)15-13-21)35-27-23-10-7-11-25(42-3)26(23)34-29(38(27)36-31)33-24-18-37(17-16-32-28(24)39)30(40)43-19-20-8-5-4-6-9-20/h4-15,24,35-36H,16-19H2,1-3H3,(H,32,39)/t24-,31?/m1/s1. The Bertz CT molecular complexity index is 1720. The molecule has 0 aliphatic carbocycles. The summed E-state index contributed by atoms with van der Waals surface area (Å²) in [5.74, 6) is 1.70. The molecule has 0 spiro atoms. The Morgan fingerprint density at radius 3 is 2.58 bits per heavy atom. The molecule has 43 heavy (non-hydrogen) atoms. The summed E-state index contributed by atoms with van der Waals surface area (Å²) in [6, 6.07) is 21.9. The largest absolute Gasteiger partial charge is 0.497 e. The van der Waals surface area contributed by atoms with E-state index in [4.69, 9.17) is 24.2 Å². The second kappa shape index (κ2) is 11.6. The fraction of sp³-hybridized carbons (Fsp3) is 0.290. The SMILES string of the molecule is COc1ccc(C2(C)Nc3c4cccc(OC)c4nc(=N[C@@H]4CN(C(=O)OCc5ccccc5)CCNC4=O)n3N2)cc1. The number of rotatable bonds is 6. The van der Waals surface area contributed by atoms with Crippen molar-refractivity contribution in [1.82, 2.24) is 19.9 Å². The smallest absolute Gasteiger partial charge is 0.410 e. The summed E-state index contributed by atoms with van der Waals surface area (Å²) in [6.45, 7) is 2.74. The Kier molecular flexibility index (Phi) is 7.49. The van der Waals surface area contributed by atoms with E-state index in [1.54, 1.807) is 18.9 Å². The first-order valence-electron chi connectivity index (χ1n) is 14.0. The van der Waals surface area contributed by atoms with Gasteiger partial charge in [-0.1, -0.05) is 48.5 Å². The maximum absolute atomic E-state index is 13.2. The monoisotopic (exact) mass is 583 g/mol. The zero-order valence-electron chi connectivity index (χ0n) is 24.2. The molecule has 3 heterocycles. The summed E-state index contributed by atoms with van der Waals surface area (Å²) in [5, 5.41) is 7.26. The van der Waals surface area contributed by atoms with Crippen LogP contribution >= 0.6 is 0 Å². The molecule has 3 N–H and O–H groups in total. The van der Waals surface area contributed by atoms with E-state index < -0.39 is 17.8 Å². The lowest BCUT2D eigenvalue weighted by molar-refractivity contribution is -0.121. The Labute approximate surface area is 248 Å². The van der Waals surface area contributed by atoms with Crippen LogP contribution in [0.2, 0.25) is 0 Å². The number of carbonyl (C=O) groups is 2. The van der Waals surface area contributed by atoms with Crippen molar-refractivity contribution in [1.29, 1.82) is 0 Å². The number of fused-ring (bicyclic) bond motifs is 3. The lowest BCUT2D eigenvalue weighted by Gasteiger charge is -2.26. The summed E-state index contributed by atoms with van der Waals surface area (Å²) in [5.41, 5.74) is 5.38. The molecular weight excluding hydrogens is 550 g/mol. The molecule has 0 saturated carbocycles. The van der Waals surface area contributed by atoms with Crippen LogP contribution in [0.4, 0.5) is 10.6 Å². The Hall–Kier alpha value is -5.26. The molecule has 12 nitrogen and oxygen atoms in total. The van der Waals surface area contributed by atoms with Gasteiger partial charge in [0.1, 0.15) is 41.1 Å². The third kappa shape index (κ3) is 5.51. The van der Waals surface area contributed by atoms with Crippen molar-refractivity contribution in [3.63, 3.8) is 0 Å². The van der Waals surface area contributed by atoms with Gasteiger partial charge in [-0.3, -0.25) is 10.2 Å². The Morgan fingerprint density at radius 1 is 1.05 bits per heavy atom. The minimum absolute atomic E-state index is 0.0314. The maximum Gasteiger partial charge on any atom is 0.410 e. The summed E-state index contributed by atoms with van der Waals surface area (Å²) in [4.78, 5) is 37.3. The van der Waals surface area contributed by atoms with Crippen LogP contribution in [-0.2, 0) is 21.8 Å². The quantitative estimate of drug-likeness (QED) is 0.316. The molecule has 222 valence electrons. The second-order valence-corrected chi connectivity index (χ2v) is 10.5. The highest BCUT2D eigenvalue weighted by Crippen LogP contribution is 2.36. The van der Waals surface area contributed by atoms with Crippen LogP contribution in [-0.4, -0.2) is 66.5 Å². The number of nitrogens with one attached hydrogen (secondary N) is 3. The number of amides is 2. The van der Waals surface area contributed by atoms with E-state index in [1.165, 1.54) is 4.90 Å². The third-order valence-electron chi connectivity index (χ3n) is 7.59. The van der Waals surface area contributed by atoms with Gasteiger partial charge in [-0.25, -0.2) is 19.4 Å². The number of anilines is 1. The molecule has 6 rings (SSSR count). The highest BCUT2D eigenvalue weighted by atomic mass is 16.6. The van der Waals surface area contributed by atoms with E-state index in [9.17, 15) is 9.59 Å². The normalized spacial score (nSPS) is 20.0. The highest BCUT2D eigenvalue weighted by Gasteiger charge is 2.36. The van der Waals surface area contributed by atoms with Gasteiger partial charge >= 0.3 is 6.09 Å². The number of ether oxygens (including phenoxy) is 3. The molecule has 1 aromatic heterocycles. The van der Waals surface area contributed by atoms with Gasteiger partial charge in [0.2, 0.25) is 11.5 Å². The van der Waals surface area contributed by atoms with Crippen LogP contribution in [0.25, 0.3) is 10.9 Å². The van der Waals surface area contributed by atoms with Gasteiger partial charge in [-0.2, -0.15) is 0 Å². The number of carbonyl (C=O) groups excluding carboxylic acids is 2. The number of methoxy groups -OCH3 is 2. The maximum atomic E-state index is 13.2. The van der Waals surface area contributed by atoms with Crippen molar-refractivity contribution < 1.29 is 23.8 Å². The van der Waals surface area contributed by atoms with E-state index in [1.807, 2.05) is 79.7 Å². The van der Waals surface area contributed by atoms with E-state index in [-0.39, 0.29) is 31.2 Å². The predicted molar refractivity (Wildman–Crippen MR) is 160 cm³/mol. The lowest BCUT2D eigenvalue weighted by Crippen LogP contribution is -2.43. The van der Waals surface area contributed by atoms with Crippen LogP contribution in [0.15, 0.2) is 77.8 Å². The van der Waals surface area contributed by atoms with Crippen molar-refractivity contribution >= 4 is 28.7 Å². The molecule has 3 aromatic carbocycles. The fourth-order valence-electron chi connectivity index (χ4n) is 5.26. The molecule has 2 aliphatic rings. The molecule has 12 heteroatoms. The highest BCUT2D eigenvalue weighted by molar-refractivity contribution is 5.94. The predicted octanol–water partition coefficient (Wildman–Crippen LogP) is 2.93. The molecular formula is C31H33N7O5. The van der Waals surface area contributed by atoms with Gasteiger partial charge < -0.3 is 29.7 Å². The number of nitrogens with zero attached hydrogens (tertiary/aromatic N) is 4. The van der Waals surface area contributed by atoms with E-state index in [0.717, 1.165) is 22.3 Å². The van der Waals surface area contributed by atoms with Crippen LogP contribution in [0.3, 0.4) is 0 Å². The van der Waals surface area contributed by atoms with E-state index >= 15 is 0 Å². The number of aromatic nitrogens is 2. The minimum atomic E-state index is -0.933. The van der Waals surface area contributed by atoms with Crippen LogP contribution in [0.1, 0.15) is 18.1 Å². The second-order valence-electron chi connectivity index (χ2n) is 10.5. The van der Waals surface area contributed by atoms with Gasteiger partial charge in [0.15, 0.2) is 0 Å². The molecule has 2 amide bonds. The number of hydrogen-bond donors (Lipinski definition) is 3. The first kappa shape index (κ1) is 27.9. The molecule has 1 saturated heterocycles. The van der Waals surface area contributed by atoms with Crippen molar-refractivity contribution in [2.24, 2.45) is 4.99 Å². The summed E-state index contributed by atoms with van der Waals surface area (Å²) in [7, 11) is 3.21. The zero-order valence-corrected chi connectivity index (χ0v) is 24.2. The van der Waals surface area contributed by atoms with Gasteiger partial charge in [0, 0.05) is 18.5 Å². The van der Waals surface area contributed by atoms with E-state index in [0.29, 0.717) is 23.6 Å². The topological polar surface area (TPSA) is 131 Å². The van der Waals surface area contributed by atoms with Gasteiger partial charge in [0.25, 0.3) is 0 Å². The average molecular weight is 584 g/mol. The molecule has 4 aromatic rings. The van der Waals surface area contributed by atoms with Gasteiger partial charge in [0.05, 0.1) is 20.8 Å². The number of hydrogen-bond acceptors (Lipinski definition) is 9. The molecule has 0 bridgehead atoms. The summed E-state index contributed by atoms with van der Waals surface area (Å²) < 4.78 is 18.2. The van der Waals surface area contributed by atoms with Crippen molar-refractivity contribution in [2.75, 3.05) is 44.6 Å². The van der Waals surface area contributed by atoms with Crippen molar-refractivity contribution in [2.45, 2.75) is 25.2 Å². The van der Waals surface area contributed by atoms with Crippen LogP contribution < -0.4 is 31.2 Å². The minimum Gasteiger partial charge on any atom is -0.497 e. The van der Waals surface area contributed by atoms with Crippen molar-refractivity contribution in [3.8, 4) is 11.5 Å². The molecule has 0 radical (unpaired) electrons. The van der Waals surface area contributed by atoms with Gasteiger partial charge in [-0.05, 0) is 42.3 Å². The first-order chi connectivity index (χ1) is 20.9. The molecule has 1 unspecified atom stereocenters. The lowest BCUT2D eigenvalue weighted by atomic mass is 10.0. The number of benzene rings is 3. The Morgan fingerprint density at radius 2 is 1.84 bits per heavy atom. The summed E-state index contributed by atoms with van der Waals surface area (Å²) >= 11 is 0. The fourth-order valence-corrected chi connectivity index (χ4v) is 5.26. The zero-order chi connectivity index (χ0) is 30.0. The first-order valence-corrected chi connectivity index (χ1v) is 14.0. The molecule has 2 atom stereocenters. The average Bonchev–Trinajstić information content (AvgIpc) is 3.31. The molecule has 2 aliphatic heterocycles. The summed E-state index contributed by atoms with van der Waals surface area (Å²) in [6.07, 6.45) is -0.515. The van der Waals surface area contributed by atoms with Gasteiger partial charge in [-0.15, -0.1) is 0 Å². The van der Waals surface area contributed by atoms with Crippen molar-refractivity contribution in [3.05, 3.63) is 89.5 Å².